The molecule has 122 valence electrons. The van der Waals surface area contributed by atoms with Gasteiger partial charge in [0.1, 0.15) is 0 Å². The van der Waals surface area contributed by atoms with Crippen LogP contribution in [0.1, 0.15) is 65.2 Å². The first kappa shape index (κ1) is 14.9. The molecule has 0 spiro atoms. The van der Waals surface area contributed by atoms with E-state index in [4.69, 9.17) is 0 Å². The van der Waals surface area contributed by atoms with E-state index in [1.54, 1.807) is 0 Å². The number of aliphatic hydroxyl groups excluding tert-OH is 1. The summed E-state index contributed by atoms with van der Waals surface area (Å²) in [5, 5.41) is 10.8. The van der Waals surface area contributed by atoms with Crippen LogP contribution in [-0.4, -0.2) is 17.0 Å². The Morgan fingerprint density at radius 2 is 2.05 bits per heavy atom. The normalized spacial score (nSPS) is 50.9. The van der Waals surface area contributed by atoms with Crippen LogP contribution in [0.3, 0.4) is 0 Å². The molecule has 22 heavy (non-hydrogen) atoms. The predicted molar refractivity (Wildman–Crippen MR) is 87.3 cm³/mol. The van der Waals surface area contributed by atoms with E-state index >= 15 is 0 Å². The van der Waals surface area contributed by atoms with Gasteiger partial charge in [-0.25, -0.2) is 0 Å². The van der Waals surface area contributed by atoms with E-state index in [0.29, 0.717) is 23.5 Å². The molecule has 0 aromatic heterocycles. The van der Waals surface area contributed by atoms with E-state index in [1.807, 2.05) is 6.08 Å². The zero-order valence-electron chi connectivity index (χ0n) is 14.1. The molecule has 0 aliphatic heterocycles. The number of carbonyl (C=O) groups is 1. The molecular formula is C20H30O2. The molecule has 3 saturated carbocycles. The monoisotopic (exact) mass is 302 g/mol. The summed E-state index contributed by atoms with van der Waals surface area (Å²) in [4.78, 5) is 11.7. The van der Waals surface area contributed by atoms with Crippen molar-refractivity contribution in [1.29, 1.82) is 0 Å². The molecule has 1 unspecified atom stereocenters. The van der Waals surface area contributed by atoms with E-state index in [9.17, 15) is 9.90 Å². The Bertz CT molecular complexity index is 508. The molecule has 4 aliphatic rings. The van der Waals surface area contributed by atoms with E-state index in [-0.39, 0.29) is 11.5 Å². The predicted octanol–water partition coefficient (Wildman–Crippen LogP) is 4.13. The van der Waals surface area contributed by atoms with Crippen molar-refractivity contribution in [1.82, 2.24) is 0 Å². The molecule has 0 amide bonds. The van der Waals surface area contributed by atoms with Gasteiger partial charge in [0, 0.05) is 6.42 Å². The van der Waals surface area contributed by atoms with Crippen LogP contribution >= 0.6 is 0 Å². The van der Waals surface area contributed by atoms with Crippen LogP contribution in [0.4, 0.5) is 0 Å². The fourth-order valence-corrected chi connectivity index (χ4v) is 6.72. The van der Waals surface area contributed by atoms with Crippen molar-refractivity contribution in [2.75, 3.05) is 0 Å². The molecule has 1 N–H and O–H groups in total. The van der Waals surface area contributed by atoms with Gasteiger partial charge in [0.15, 0.2) is 5.78 Å². The Balaban J connectivity index is 1.62. The first-order chi connectivity index (χ1) is 10.5. The van der Waals surface area contributed by atoms with Crippen LogP contribution in [0, 0.1) is 35.0 Å². The lowest BCUT2D eigenvalue weighted by molar-refractivity contribution is -0.116. The smallest absolute Gasteiger partial charge is 0.155 e. The number of aliphatic hydroxyl groups is 1. The highest BCUT2D eigenvalue weighted by Gasteiger charge is 2.58. The minimum atomic E-state index is -0.0895. The van der Waals surface area contributed by atoms with Gasteiger partial charge < -0.3 is 5.11 Å². The average Bonchev–Trinajstić information content (AvgIpc) is 2.78. The van der Waals surface area contributed by atoms with Crippen molar-refractivity contribution in [2.24, 2.45) is 35.0 Å². The number of carbonyl (C=O) groups excluding carboxylic acids is 1. The highest BCUT2D eigenvalue weighted by molar-refractivity contribution is 5.91. The van der Waals surface area contributed by atoms with Gasteiger partial charge in [-0.3, -0.25) is 4.79 Å². The van der Waals surface area contributed by atoms with E-state index < -0.39 is 0 Å². The number of hydrogen-bond donors (Lipinski definition) is 1. The summed E-state index contributed by atoms with van der Waals surface area (Å²) in [6.07, 6.45) is 10.9. The maximum atomic E-state index is 11.7. The van der Waals surface area contributed by atoms with Gasteiger partial charge in [-0.15, -0.1) is 0 Å². The SMILES string of the molecule is CC[C@H]1C[C@H]2C3CCC4=CC(=O)CC[C@@H]4[C@H]3CC[C@]2(C)[C@H]1O. The minimum Gasteiger partial charge on any atom is -0.392 e. The number of rotatable bonds is 1. The van der Waals surface area contributed by atoms with Crippen molar-refractivity contribution in [3.8, 4) is 0 Å². The van der Waals surface area contributed by atoms with Crippen LogP contribution in [0.15, 0.2) is 11.6 Å². The summed E-state index contributed by atoms with van der Waals surface area (Å²) in [5.41, 5.74) is 1.62. The molecule has 4 rings (SSSR count). The maximum Gasteiger partial charge on any atom is 0.155 e. The van der Waals surface area contributed by atoms with Gasteiger partial charge in [-0.2, -0.15) is 0 Å². The standard InChI is InChI=1S/C20H30O2/c1-3-12-11-18-17-6-4-13-10-14(21)5-7-15(13)16(17)8-9-20(18,2)19(12)22/h10,12,15-19,22H,3-9,11H2,1-2H3/t12-,15-,16+,17?,18-,19-,20-/m0/s1. The second-order valence-electron chi connectivity index (χ2n) is 8.70. The Morgan fingerprint density at radius 3 is 2.82 bits per heavy atom. The molecule has 4 aliphatic carbocycles. The van der Waals surface area contributed by atoms with Crippen molar-refractivity contribution < 1.29 is 9.90 Å². The summed E-state index contributed by atoms with van der Waals surface area (Å²) < 4.78 is 0. The number of fused-ring (bicyclic) bond motifs is 5. The number of hydrogen-bond acceptors (Lipinski definition) is 2. The van der Waals surface area contributed by atoms with Gasteiger partial charge in [0.2, 0.25) is 0 Å². The Hall–Kier alpha value is -0.630. The molecule has 0 aromatic carbocycles. The minimum absolute atomic E-state index is 0.0895. The van der Waals surface area contributed by atoms with Crippen molar-refractivity contribution in [3.05, 3.63) is 11.6 Å². The van der Waals surface area contributed by atoms with E-state index in [2.05, 4.69) is 13.8 Å². The zero-order valence-corrected chi connectivity index (χ0v) is 14.1. The van der Waals surface area contributed by atoms with Crippen LogP contribution in [0.5, 0.6) is 0 Å². The lowest BCUT2D eigenvalue weighted by atomic mass is 9.52. The second-order valence-corrected chi connectivity index (χ2v) is 8.70. The van der Waals surface area contributed by atoms with Crippen LogP contribution in [0.2, 0.25) is 0 Å². The molecule has 3 fully saturated rings. The highest BCUT2D eigenvalue weighted by Crippen LogP contribution is 2.63. The molecule has 0 aromatic rings. The quantitative estimate of drug-likeness (QED) is 0.791. The molecule has 2 nitrogen and oxygen atoms in total. The Labute approximate surface area is 134 Å². The third kappa shape index (κ3) is 1.99. The third-order valence-electron chi connectivity index (χ3n) is 7.94. The van der Waals surface area contributed by atoms with Gasteiger partial charge in [0.05, 0.1) is 6.10 Å². The van der Waals surface area contributed by atoms with Crippen molar-refractivity contribution >= 4 is 5.78 Å². The molecule has 2 heteroatoms. The molecule has 7 atom stereocenters. The van der Waals surface area contributed by atoms with E-state index in [1.165, 1.54) is 31.3 Å². The van der Waals surface area contributed by atoms with Crippen molar-refractivity contribution in [3.63, 3.8) is 0 Å². The fourth-order valence-electron chi connectivity index (χ4n) is 6.72. The molecule has 0 heterocycles. The summed E-state index contributed by atoms with van der Waals surface area (Å²) in [6, 6.07) is 0. The van der Waals surface area contributed by atoms with Gasteiger partial charge >= 0.3 is 0 Å². The molecular weight excluding hydrogens is 272 g/mol. The summed E-state index contributed by atoms with van der Waals surface area (Å²) in [7, 11) is 0. The zero-order chi connectivity index (χ0) is 15.5. The second kappa shape index (κ2) is 5.19. The molecule has 0 radical (unpaired) electrons. The largest absolute Gasteiger partial charge is 0.392 e. The Morgan fingerprint density at radius 1 is 1.23 bits per heavy atom. The average molecular weight is 302 g/mol. The number of ketones is 1. The van der Waals surface area contributed by atoms with Crippen LogP contribution < -0.4 is 0 Å². The first-order valence-corrected chi connectivity index (χ1v) is 9.46. The molecule has 0 bridgehead atoms. The lowest BCUT2D eigenvalue weighted by Gasteiger charge is -2.53. The first-order valence-electron chi connectivity index (χ1n) is 9.46. The maximum absolute atomic E-state index is 11.7. The van der Waals surface area contributed by atoms with Gasteiger partial charge in [-0.05, 0) is 79.6 Å². The topological polar surface area (TPSA) is 37.3 Å². The highest BCUT2D eigenvalue weighted by atomic mass is 16.3. The summed E-state index contributed by atoms with van der Waals surface area (Å²) in [6.45, 7) is 4.60. The summed E-state index contributed by atoms with van der Waals surface area (Å²) >= 11 is 0. The number of allylic oxidation sites excluding steroid dienone is 1. The van der Waals surface area contributed by atoms with Crippen molar-refractivity contribution in [2.45, 2.75) is 71.3 Å². The van der Waals surface area contributed by atoms with Gasteiger partial charge in [-0.1, -0.05) is 25.8 Å². The summed E-state index contributed by atoms with van der Waals surface area (Å²) in [5.74, 6) is 3.84. The van der Waals surface area contributed by atoms with Crippen LogP contribution in [0.25, 0.3) is 0 Å². The van der Waals surface area contributed by atoms with Gasteiger partial charge in [0.25, 0.3) is 0 Å². The lowest BCUT2D eigenvalue weighted by Crippen LogP contribution is -2.47. The van der Waals surface area contributed by atoms with E-state index in [0.717, 1.165) is 37.5 Å². The molecule has 0 saturated heterocycles. The fraction of sp³-hybridized carbons (Fsp3) is 0.850. The van der Waals surface area contributed by atoms with Crippen LogP contribution in [-0.2, 0) is 4.79 Å². The third-order valence-corrected chi connectivity index (χ3v) is 7.94. The Kier molecular flexibility index (Phi) is 3.52.